The van der Waals surface area contributed by atoms with E-state index in [0.717, 1.165) is 20.0 Å². The smallest absolute Gasteiger partial charge is 0.250 e. The van der Waals surface area contributed by atoms with E-state index < -0.39 is 0 Å². The van der Waals surface area contributed by atoms with Crippen molar-refractivity contribution in [1.82, 2.24) is 15.6 Å². The van der Waals surface area contributed by atoms with Crippen LogP contribution in [0.5, 0.6) is 5.75 Å². The molecule has 3 aromatic rings. The van der Waals surface area contributed by atoms with Crippen molar-refractivity contribution in [2.24, 2.45) is 5.10 Å². The van der Waals surface area contributed by atoms with Gasteiger partial charge in [-0.05, 0) is 35.4 Å². The van der Waals surface area contributed by atoms with E-state index in [0.29, 0.717) is 0 Å². The highest BCUT2D eigenvalue weighted by Gasteiger charge is 2.08. The molecule has 0 fully saturated rings. The molecule has 138 valence electrons. The number of aromatic nitrogens is 2. The Hall–Kier alpha value is -2.36. The first kappa shape index (κ1) is 19.4. The Morgan fingerprint density at radius 2 is 1.78 bits per heavy atom. The van der Waals surface area contributed by atoms with Crippen molar-refractivity contribution in [3.8, 4) is 5.75 Å². The largest absolute Gasteiger partial charge is 0.508 e. The first-order valence-corrected chi connectivity index (χ1v) is 10.7. The van der Waals surface area contributed by atoms with E-state index in [1.165, 1.54) is 34.9 Å². The van der Waals surface area contributed by atoms with Gasteiger partial charge >= 0.3 is 0 Å². The van der Waals surface area contributed by atoms with Gasteiger partial charge in [0.25, 0.3) is 5.91 Å². The molecule has 9 heteroatoms. The summed E-state index contributed by atoms with van der Waals surface area (Å²) in [5.41, 5.74) is 4.48. The molecule has 0 saturated heterocycles. The summed E-state index contributed by atoms with van der Waals surface area (Å²) in [6.45, 7) is 0. The molecule has 1 aromatic heterocycles. The standard InChI is InChI=1S/C18H16N4O2S3/c23-15-8-6-13(7-9-15)10-19-20-16(24)12-26-18-22-21-17(27-18)25-11-14-4-2-1-3-5-14/h1-10,23H,11-12H2,(H,20,24). The van der Waals surface area contributed by atoms with E-state index in [1.807, 2.05) is 18.2 Å². The second kappa shape index (κ2) is 10.1. The average molecular weight is 417 g/mol. The highest BCUT2D eigenvalue weighted by molar-refractivity contribution is 8.03. The van der Waals surface area contributed by atoms with E-state index in [2.05, 4.69) is 32.9 Å². The summed E-state index contributed by atoms with van der Waals surface area (Å²) < 4.78 is 1.63. The average Bonchev–Trinajstić information content (AvgIpc) is 3.15. The molecule has 0 radical (unpaired) electrons. The van der Waals surface area contributed by atoms with Crippen molar-refractivity contribution in [3.05, 3.63) is 65.7 Å². The van der Waals surface area contributed by atoms with Crippen molar-refractivity contribution in [2.45, 2.75) is 14.4 Å². The van der Waals surface area contributed by atoms with Crippen molar-refractivity contribution in [3.63, 3.8) is 0 Å². The van der Waals surface area contributed by atoms with Crippen LogP contribution in [0.3, 0.4) is 0 Å². The lowest BCUT2D eigenvalue weighted by atomic mass is 10.2. The van der Waals surface area contributed by atoms with E-state index in [9.17, 15) is 9.90 Å². The molecule has 6 nitrogen and oxygen atoms in total. The highest BCUT2D eigenvalue weighted by Crippen LogP contribution is 2.30. The Balaban J connectivity index is 1.40. The van der Waals surface area contributed by atoms with Gasteiger partial charge < -0.3 is 5.11 Å². The Labute approximate surface area is 169 Å². The quantitative estimate of drug-likeness (QED) is 0.330. The van der Waals surface area contributed by atoms with Gasteiger partial charge in [0.15, 0.2) is 8.68 Å². The third-order valence-electron chi connectivity index (χ3n) is 3.22. The van der Waals surface area contributed by atoms with Crippen LogP contribution >= 0.6 is 34.9 Å². The molecule has 3 rings (SSSR count). The summed E-state index contributed by atoms with van der Waals surface area (Å²) in [4.78, 5) is 11.8. The second-order valence-corrected chi connectivity index (χ2v) is 8.70. The van der Waals surface area contributed by atoms with Crippen LogP contribution in [0.15, 0.2) is 68.4 Å². The maximum atomic E-state index is 11.8. The van der Waals surface area contributed by atoms with Gasteiger partial charge in [0, 0.05) is 5.75 Å². The number of phenolic OH excluding ortho intramolecular Hbond substituents is 1. The molecule has 0 aliphatic carbocycles. The molecule has 0 aliphatic heterocycles. The molecule has 0 bridgehead atoms. The lowest BCUT2D eigenvalue weighted by molar-refractivity contribution is -0.118. The number of nitrogens with one attached hydrogen (secondary N) is 1. The molecule has 2 aromatic carbocycles. The van der Waals surface area contributed by atoms with Crippen LogP contribution in [-0.4, -0.2) is 33.2 Å². The summed E-state index contributed by atoms with van der Waals surface area (Å²) in [7, 11) is 0. The monoisotopic (exact) mass is 416 g/mol. The van der Waals surface area contributed by atoms with Crippen LogP contribution in [0.2, 0.25) is 0 Å². The lowest BCUT2D eigenvalue weighted by Crippen LogP contribution is -2.19. The minimum absolute atomic E-state index is 0.186. The predicted octanol–water partition coefficient (Wildman–Crippen LogP) is 3.78. The SMILES string of the molecule is O=C(CSc1nnc(SCc2ccccc2)s1)NN=Cc1ccc(O)cc1. The van der Waals surface area contributed by atoms with Crippen LogP contribution in [0.1, 0.15) is 11.1 Å². The van der Waals surface area contributed by atoms with Gasteiger partial charge in [0.1, 0.15) is 5.75 Å². The summed E-state index contributed by atoms with van der Waals surface area (Å²) in [5, 5.41) is 21.4. The highest BCUT2D eigenvalue weighted by atomic mass is 32.2. The third-order valence-corrected chi connectivity index (χ3v) is 6.48. The number of thioether (sulfide) groups is 2. The zero-order chi connectivity index (χ0) is 18.9. The topological polar surface area (TPSA) is 87.5 Å². The minimum Gasteiger partial charge on any atom is -0.508 e. The number of hydrazone groups is 1. The van der Waals surface area contributed by atoms with Crippen molar-refractivity contribution in [2.75, 3.05) is 5.75 Å². The number of carbonyl (C=O) groups is 1. The first-order valence-electron chi connectivity index (χ1n) is 7.93. The van der Waals surface area contributed by atoms with Crippen LogP contribution in [-0.2, 0) is 10.5 Å². The third kappa shape index (κ3) is 6.70. The molecule has 1 amide bonds. The van der Waals surface area contributed by atoms with Crippen LogP contribution < -0.4 is 5.43 Å². The number of hydrogen-bond donors (Lipinski definition) is 2. The zero-order valence-corrected chi connectivity index (χ0v) is 16.6. The molecule has 0 atom stereocenters. The molecule has 0 saturated carbocycles. The van der Waals surface area contributed by atoms with E-state index >= 15 is 0 Å². The Kier molecular flexibility index (Phi) is 7.26. The summed E-state index contributed by atoms with van der Waals surface area (Å²) in [5.74, 6) is 1.02. The molecule has 2 N–H and O–H groups in total. The first-order chi connectivity index (χ1) is 13.2. The van der Waals surface area contributed by atoms with Gasteiger partial charge in [0.2, 0.25) is 0 Å². The molecule has 0 unspecified atom stereocenters. The molecular weight excluding hydrogens is 400 g/mol. The maximum absolute atomic E-state index is 11.8. The molecular formula is C18H16N4O2S3. The minimum atomic E-state index is -0.219. The van der Waals surface area contributed by atoms with E-state index in [4.69, 9.17) is 0 Å². The summed E-state index contributed by atoms with van der Waals surface area (Å²) in [6, 6.07) is 16.7. The zero-order valence-electron chi connectivity index (χ0n) is 14.1. The van der Waals surface area contributed by atoms with Crippen molar-refractivity contribution < 1.29 is 9.90 Å². The fraction of sp³-hybridized carbons (Fsp3) is 0.111. The molecule has 1 heterocycles. The maximum Gasteiger partial charge on any atom is 0.250 e. The van der Waals surface area contributed by atoms with Gasteiger partial charge in [-0.2, -0.15) is 5.10 Å². The van der Waals surface area contributed by atoms with Gasteiger partial charge in [-0.15, -0.1) is 10.2 Å². The van der Waals surface area contributed by atoms with Crippen LogP contribution in [0.25, 0.3) is 0 Å². The van der Waals surface area contributed by atoms with Gasteiger partial charge in [-0.3, -0.25) is 4.79 Å². The van der Waals surface area contributed by atoms with Crippen molar-refractivity contribution in [1.29, 1.82) is 0 Å². The lowest BCUT2D eigenvalue weighted by Gasteiger charge is -1.98. The number of carbonyl (C=O) groups excluding carboxylic acids is 1. The van der Waals surface area contributed by atoms with Gasteiger partial charge in [-0.1, -0.05) is 65.2 Å². The fourth-order valence-electron chi connectivity index (χ4n) is 1.93. The van der Waals surface area contributed by atoms with Crippen LogP contribution in [0.4, 0.5) is 0 Å². The Morgan fingerprint density at radius 3 is 2.52 bits per heavy atom. The second-order valence-electron chi connectivity index (χ2n) is 5.28. The van der Waals surface area contributed by atoms with E-state index in [1.54, 1.807) is 36.0 Å². The van der Waals surface area contributed by atoms with Gasteiger partial charge in [0.05, 0.1) is 12.0 Å². The number of benzene rings is 2. The van der Waals surface area contributed by atoms with Crippen molar-refractivity contribution >= 4 is 47.0 Å². The normalized spacial score (nSPS) is 11.0. The number of hydrogen-bond acceptors (Lipinski definition) is 8. The number of nitrogens with zero attached hydrogens (tertiary/aromatic N) is 3. The van der Waals surface area contributed by atoms with Crippen LogP contribution in [0, 0.1) is 0 Å². The summed E-state index contributed by atoms with van der Waals surface area (Å²) >= 11 is 4.44. The molecule has 0 aliphatic rings. The number of rotatable bonds is 8. The predicted molar refractivity (Wildman–Crippen MR) is 110 cm³/mol. The Morgan fingerprint density at radius 1 is 1.07 bits per heavy atom. The molecule has 27 heavy (non-hydrogen) atoms. The summed E-state index contributed by atoms with van der Waals surface area (Å²) in [6.07, 6.45) is 1.52. The fourth-order valence-corrected chi connectivity index (χ4v) is 4.70. The van der Waals surface area contributed by atoms with E-state index in [-0.39, 0.29) is 17.4 Å². The number of aromatic hydroxyl groups is 1. The number of phenols is 1. The number of amides is 1. The molecule has 0 spiro atoms. The van der Waals surface area contributed by atoms with Gasteiger partial charge in [-0.25, -0.2) is 5.43 Å². The Bertz CT molecular complexity index is 898.